The van der Waals surface area contributed by atoms with E-state index < -0.39 is 0 Å². The number of anilines is 2. The molecule has 5 nitrogen and oxygen atoms in total. The Morgan fingerprint density at radius 2 is 1.75 bits per heavy atom. The van der Waals surface area contributed by atoms with Crippen molar-refractivity contribution in [2.24, 2.45) is 0 Å². The van der Waals surface area contributed by atoms with Crippen molar-refractivity contribution in [3.05, 3.63) is 48.4 Å². The standard InChI is InChI=1S/C19H24N4O/c1-2-23(16-10-6-5-7-11-16)19(24)17-14-21-18(15-20-17)22-12-8-3-4-9-13-22/h5-7,10-11,14-15H,2-4,8-9,12-13H2,1H3. The van der Waals surface area contributed by atoms with Crippen LogP contribution in [0.2, 0.25) is 0 Å². The Morgan fingerprint density at radius 1 is 1.04 bits per heavy atom. The molecule has 0 bridgehead atoms. The molecule has 0 radical (unpaired) electrons. The lowest BCUT2D eigenvalue weighted by Crippen LogP contribution is -2.31. The number of hydrogen-bond acceptors (Lipinski definition) is 4. The molecule has 1 aromatic carbocycles. The number of carbonyl (C=O) groups excluding carboxylic acids is 1. The van der Waals surface area contributed by atoms with Crippen molar-refractivity contribution in [2.75, 3.05) is 29.4 Å². The van der Waals surface area contributed by atoms with Crippen LogP contribution < -0.4 is 9.80 Å². The molecule has 1 aromatic heterocycles. The Balaban J connectivity index is 1.75. The quantitative estimate of drug-likeness (QED) is 0.863. The number of nitrogens with zero attached hydrogens (tertiary/aromatic N) is 4. The third kappa shape index (κ3) is 3.72. The van der Waals surface area contributed by atoms with E-state index in [1.165, 1.54) is 25.7 Å². The van der Waals surface area contributed by atoms with Crippen molar-refractivity contribution in [1.82, 2.24) is 9.97 Å². The Labute approximate surface area is 143 Å². The van der Waals surface area contributed by atoms with Crippen molar-refractivity contribution in [3.63, 3.8) is 0 Å². The fourth-order valence-electron chi connectivity index (χ4n) is 3.08. The van der Waals surface area contributed by atoms with E-state index in [2.05, 4.69) is 14.9 Å². The third-order valence-electron chi connectivity index (χ3n) is 4.42. The predicted octanol–water partition coefficient (Wildman–Crippen LogP) is 3.52. The monoisotopic (exact) mass is 324 g/mol. The van der Waals surface area contributed by atoms with E-state index in [0.29, 0.717) is 12.2 Å². The minimum absolute atomic E-state index is 0.112. The van der Waals surface area contributed by atoms with Crippen molar-refractivity contribution < 1.29 is 4.79 Å². The summed E-state index contributed by atoms with van der Waals surface area (Å²) in [6, 6.07) is 9.66. The fraction of sp³-hybridized carbons (Fsp3) is 0.421. The van der Waals surface area contributed by atoms with Gasteiger partial charge in [0.2, 0.25) is 0 Å². The van der Waals surface area contributed by atoms with Crippen LogP contribution >= 0.6 is 0 Å². The minimum Gasteiger partial charge on any atom is -0.355 e. The molecule has 5 heteroatoms. The molecule has 0 atom stereocenters. The maximum Gasteiger partial charge on any atom is 0.278 e. The Morgan fingerprint density at radius 3 is 2.33 bits per heavy atom. The summed E-state index contributed by atoms with van der Waals surface area (Å²) in [5, 5.41) is 0. The van der Waals surface area contributed by atoms with E-state index in [4.69, 9.17) is 0 Å². The van der Waals surface area contributed by atoms with Gasteiger partial charge < -0.3 is 9.80 Å². The smallest absolute Gasteiger partial charge is 0.278 e. The molecule has 24 heavy (non-hydrogen) atoms. The number of carbonyl (C=O) groups is 1. The molecule has 0 spiro atoms. The molecule has 2 aromatic rings. The Bertz CT molecular complexity index is 649. The van der Waals surface area contributed by atoms with E-state index in [1.807, 2.05) is 37.3 Å². The van der Waals surface area contributed by atoms with Crippen molar-refractivity contribution in [3.8, 4) is 0 Å². The maximum absolute atomic E-state index is 12.7. The summed E-state index contributed by atoms with van der Waals surface area (Å²) in [5.74, 6) is 0.759. The highest BCUT2D eigenvalue weighted by atomic mass is 16.2. The van der Waals surface area contributed by atoms with Crippen LogP contribution in [0.15, 0.2) is 42.7 Å². The molecular weight excluding hydrogens is 300 g/mol. The first-order chi connectivity index (χ1) is 11.8. The molecule has 3 rings (SSSR count). The molecular formula is C19H24N4O. The first-order valence-corrected chi connectivity index (χ1v) is 8.73. The zero-order valence-electron chi connectivity index (χ0n) is 14.2. The second-order valence-electron chi connectivity index (χ2n) is 6.05. The summed E-state index contributed by atoms with van der Waals surface area (Å²) in [6.07, 6.45) is 8.29. The first-order valence-electron chi connectivity index (χ1n) is 8.73. The highest BCUT2D eigenvalue weighted by molar-refractivity contribution is 6.04. The highest BCUT2D eigenvalue weighted by Crippen LogP contribution is 2.18. The Hall–Kier alpha value is -2.43. The lowest BCUT2D eigenvalue weighted by Gasteiger charge is -2.22. The van der Waals surface area contributed by atoms with Crippen LogP contribution in [0.5, 0.6) is 0 Å². The lowest BCUT2D eigenvalue weighted by molar-refractivity contribution is 0.0983. The summed E-state index contributed by atoms with van der Waals surface area (Å²) in [4.78, 5) is 25.6. The molecule has 1 aliphatic heterocycles. The van der Waals surface area contributed by atoms with Gasteiger partial charge in [-0.05, 0) is 31.9 Å². The summed E-state index contributed by atoms with van der Waals surface area (Å²) in [6.45, 7) is 4.60. The number of rotatable bonds is 4. The minimum atomic E-state index is -0.112. The molecule has 1 fully saturated rings. The molecule has 1 aliphatic rings. The summed E-state index contributed by atoms with van der Waals surface area (Å²) >= 11 is 0. The van der Waals surface area contributed by atoms with Gasteiger partial charge in [-0.15, -0.1) is 0 Å². The van der Waals surface area contributed by atoms with E-state index in [1.54, 1.807) is 17.3 Å². The normalized spacial score (nSPS) is 15.0. The SMILES string of the molecule is CCN(C(=O)c1cnc(N2CCCCCC2)cn1)c1ccccc1. The zero-order valence-corrected chi connectivity index (χ0v) is 14.2. The number of benzene rings is 1. The van der Waals surface area contributed by atoms with Crippen LogP contribution in [0.1, 0.15) is 43.1 Å². The van der Waals surface area contributed by atoms with Gasteiger partial charge in [-0.2, -0.15) is 0 Å². The van der Waals surface area contributed by atoms with E-state index in [9.17, 15) is 4.79 Å². The highest BCUT2D eigenvalue weighted by Gasteiger charge is 2.18. The van der Waals surface area contributed by atoms with Crippen LogP contribution in [-0.4, -0.2) is 35.5 Å². The van der Waals surface area contributed by atoms with Crippen molar-refractivity contribution >= 4 is 17.4 Å². The molecule has 1 saturated heterocycles. The van der Waals surface area contributed by atoms with Gasteiger partial charge in [0.15, 0.2) is 0 Å². The number of aromatic nitrogens is 2. The summed E-state index contributed by atoms with van der Waals surface area (Å²) in [7, 11) is 0. The van der Waals surface area contributed by atoms with Gasteiger partial charge in [0.1, 0.15) is 11.5 Å². The zero-order chi connectivity index (χ0) is 16.8. The van der Waals surface area contributed by atoms with Gasteiger partial charge in [0.25, 0.3) is 5.91 Å². The second-order valence-corrected chi connectivity index (χ2v) is 6.05. The molecule has 0 N–H and O–H groups in total. The van der Waals surface area contributed by atoms with Gasteiger partial charge >= 0.3 is 0 Å². The first kappa shape index (κ1) is 16.4. The van der Waals surface area contributed by atoms with Crippen LogP contribution in [0.4, 0.5) is 11.5 Å². The van der Waals surface area contributed by atoms with Gasteiger partial charge in [-0.3, -0.25) is 4.79 Å². The maximum atomic E-state index is 12.7. The molecule has 2 heterocycles. The van der Waals surface area contributed by atoms with E-state index in [0.717, 1.165) is 24.6 Å². The summed E-state index contributed by atoms with van der Waals surface area (Å²) < 4.78 is 0. The molecule has 0 unspecified atom stereocenters. The van der Waals surface area contributed by atoms with Gasteiger partial charge in [-0.25, -0.2) is 9.97 Å². The largest absolute Gasteiger partial charge is 0.355 e. The van der Waals surface area contributed by atoms with E-state index >= 15 is 0 Å². The topological polar surface area (TPSA) is 49.3 Å². The van der Waals surface area contributed by atoms with Crippen LogP contribution in [0.3, 0.4) is 0 Å². The average Bonchev–Trinajstić information content (AvgIpc) is 2.93. The summed E-state index contributed by atoms with van der Waals surface area (Å²) in [5.41, 5.74) is 1.27. The molecule has 0 saturated carbocycles. The van der Waals surface area contributed by atoms with Gasteiger partial charge in [0, 0.05) is 25.3 Å². The number of amides is 1. The third-order valence-corrected chi connectivity index (χ3v) is 4.42. The molecule has 1 amide bonds. The van der Waals surface area contributed by atoms with Crippen molar-refractivity contribution in [1.29, 1.82) is 0 Å². The molecule has 126 valence electrons. The van der Waals surface area contributed by atoms with Crippen LogP contribution in [-0.2, 0) is 0 Å². The van der Waals surface area contributed by atoms with Gasteiger partial charge in [0.05, 0.1) is 12.4 Å². The van der Waals surface area contributed by atoms with Gasteiger partial charge in [-0.1, -0.05) is 31.0 Å². The second kappa shape index (κ2) is 7.90. The number of hydrogen-bond donors (Lipinski definition) is 0. The molecule has 0 aliphatic carbocycles. The van der Waals surface area contributed by atoms with Crippen LogP contribution in [0, 0.1) is 0 Å². The lowest BCUT2D eigenvalue weighted by atomic mass is 10.2. The fourth-order valence-corrected chi connectivity index (χ4v) is 3.08. The van der Waals surface area contributed by atoms with Crippen molar-refractivity contribution in [2.45, 2.75) is 32.6 Å². The Kier molecular flexibility index (Phi) is 5.41. The predicted molar refractivity (Wildman–Crippen MR) is 96.5 cm³/mol. The van der Waals surface area contributed by atoms with E-state index in [-0.39, 0.29) is 5.91 Å². The van der Waals surface area contributed by atoms with Crippen LogP contribution in [0.25, 0.3) is 0 Å². The number of para-hydroxylation sites is 1. The average molecular weight is 324 g/mol.